The fraction of sp³-hybridized carbons (Fsp3) is 0.375. The molecule has 0 saturated heterocycles. The van der Waals surface area contributed by atoms with Crippen molar-refractivity contribution in [2.75, 3.05) is 5.73 Å². The Labute approximate surface area is 141 Å². The number of nitrogens with zero attached hydrogens (tertiary/aromatic N) is 2. The molecule has 0 radical (unpaired) electrons. The molecule has 1 aliphatic carbocycles. The zero-order valence-corrected chi connectivity index (χ0v) is 11.1. The number of hydrogen-bond donors (Lipinski definition) is 1. The molecule has 1 fully saturated rings. The molecular formula is C16H17N3O3. The summed E-state index contributed by atoms with van der Waals surface area (Å²) in [5.74, 6) is -4.46. The smallest absolute Gasteiger partial charge is 0.264 e. The van der Waals surface area contributed by atoms with Crippen molar-refractivity contribution in [2.45, 2.75) is 38.4 Å². The number of carbonyl (C=O) groups excluding carboxylic acids is 2. The fourth-order valence-corrected chi connectivity index (χ4v) is 2.30. The highest BCUT2D eigenvalue weighted by atomic mass is 16.2. The van der Waals surface area contributed by atoms with E-state index in [2.05, 4.69) is 4.98 Å². The monoisotopic (exact) mass is 309 g/mol. The molecule has 1 atom stereocenters. The van der Waals surface area contributed by atoms with Gasteiger partial charge in [0.25, 0.3) is 5.56 Å². The zero-order valence-electron chi connectivity index (χ0n) is 21.1. The maximum Gasteiger partial charge on any atom is 0.264 e. The predicted molar refractivity (Wildman–Crippen MR) is 82.7 cm³/mol. The van der Waals surface area contributed by atoms with Gasteiger partial charge in [-0.1, -0.05) is 6.07 Å². The number of hydrogen-bond acceptors (Lipinski definition) is 5. The molecule has 1 aromatic carbocycles. The minimum absolute atomic E-state index is 0.127. The summed E-state index contributed by atoms with van der Waals surface area (Å²) in [6, 6.07) is 3.79. The first-order valence-corrected chi connectivity index (χ1v) is 6.22. The van der Waals surface area contributed by atoms with Gasteiger partial charge in [0.05, 0.1) is 17.3 Å². The van der Waals surface area contributed by atoms with Crippen LogP contribution in [0.3, 0.4) is 0 Å². The Morgan fingerprint density at radius 1 is 1.41 bits per heavy atom. The lowest BCUT2D eigenvalue weighted by atomic mass is 9.81. The molecular weight excluding hydrogens is 282 g/mol. The van der Waals surface area contributed by atoms with Gasteiger partial charge in [-0.3, -0.25) is 19.0 Å². The molecule has 3 rings (SSSR count). The number of fused-ring (bicyclic) bond motifs is 1. The van der Waals surface area contributed by atoms with E-state index in [9.17, 15) is 14.4 Å². The fourth-order valence-electron chi connectivity index (χ4n) is 2.30. The van der Waals surface area contributed by atoms with Gasteiger partial charge in [-0.15, -0.1) is 0 Å². The Morgan fingerprint density at radius 2 is 2.23 bits per heavy atom. The van der Waals surface area contributed by atoms with Crippen LogP contribution in [0.4, 0.5) is 5.69 Å². The summed E-state index contributed by atoms with van der Waals surface area (Å²) < 4.78 is 79.8. The Bertz CT molecular complexity index is 1210. The van der Waals surface area contributed by atoms with E-state index in [1.165, 1.54) is 18.2 Å². The van der Waals surface area contributed by atoms with Crippen molar-refractivity contribution in [1.29, 1.82) is 0 Å². The summed E-state index contributed by atoms with van der Waals surface area (Å²) in [4.78, 5) is 42.6. The largest absolute Gasteiger partial charge is 0.398 e. The number of benzene rings is 1. The van der Waals surface area contributed by atoms with E-state index in [0.29, 0.717) is 0 Å². The lowest BCUT2D eigenvalue weighted by molar-refractivity contribution is -0.136. The maximum absolute atomic E-state index is 13.5. The summed E-state index contributed by atoms with van der Waals surface area (Å²) in [7, 11) is 0. The highest BCUT2D eigenvalue weighted by molar-refractivity contribution is 6.05. The van der Waals surface area contributed by atoms with Gasteiger partial charge in [0.1, 0.15) is 17.1 Å². The van der Waals surface area contributed by atoms with Gasteiger partial charge in [-0.25, -0.2) is 4.98 Å². The lowest BCUT2D eigenvalue weighted by Crippen LogP contribution is -2.49. The molecule has 2 aromatic rings. The quantitative estimate of drug-likeness (QED) is 0.633. The van der Waals surface area contributed by atoms with E-state index >= 15 is 0 Å². The molecule has 0 aliphatic heterocycles. The summed E-state index contributed by atoms with van der Waals surface area (Å²) in [5, 5.41) is -0.481. The Balaban J connectivity index is 2.71. The van der Waals surface area contributed by atoms with Gasteiger partial charge in [0.15, 0.2) is 5.78 Å². The first kappa shape index (κ1) is 6.73. The average Bonchev–Trinajstić information content (AvgIpc) is 2.60. The van der Waals surface area contributed by atoms with Gasteiger partial charge in [-0.05, 0) is 32.2 Å². The van der Waals surface area contributed by atoms with Crippen LogP contribution in [0.5, 0.6) is 0 Å². The van der Waals surface area contributed by atoms with Crippen LogP contribution >= 0.6 is 0 Å². The number of aromatic nitrogens is 2. The molecule has 0 unspecified atom stereocenters. The minimum atomic E-state index is -3.87. The number of aryl methyl sites for hydroxylation is 1. The third-order valence-electron chi connectivity index (χ3n) is 3.37. The summed E-state index contributed by atoms with van der Waals surface area (Å²) >= 11 is 0. The van der Waals surface area contributed by atoms with Crippen molar-refractivity contribution in [3.8, 4) is 0 Å². The van der Waals surface area contributed by atoms with Gasteiger partial charge < -0.3 is 5.73 Å². The van der Waals surface area contributed by atoms with Crippen molar-refractivity contribution in [2.24, 2.45) is 0 Å². The van der Waals surface area contributed by atoms with Gasteiger partial charge in [0, 0.05) is 25.8 Å². The molecule has 1 aromatic heterocycles. The third kappa shape index (κ3) is 1.94. The topological polar surface area (TPSA) is 95.0 Å². The number of ketones is 2. The van der Waals surface area contributed by atoms with Crippen LogP contribution in [0, 0.1) is 6.85 Å². The molecule has 0 amide bonds. The number of Topliss-reactive ketones (excluding diaryl/α,β-unsaturated/α-hetero) is 2. The van der Waals surface area contributed by atoms with Gasteiger partial charge >= 0.3 is 0 Å². The first-order valence-electron chi connectivity index (χ1n) is 11.2. The summed E-state index contributed by atoms with van der Waals surface area (Å²) in [6.45, 7) is -7.15. The van der Waals surface area contributed by atoms with E-state index < -0.39 is 66.7 Å². The number of anilines is 1. The molecule has 6 nitrogen and oxygen atoms in total. The maximum atomic E-state index is 13.5. The lowest BCUT2D eigenvalue weighted by Gasteiger charge is -2.34. The SMILES string of the molecule is [2H]C([2H])([2H])c1nc2cccc(N)c2c(=O)n1[C@]1(C([2H])([2H])[2H])C(=O)CC(=O)C([2H])([2H])C1([2H])[2H]. The molecule has 0 bridgehead atoms. The van der Waals surface area contributed by atoms with Crippen LogP contribution in [0.2, 0.25) is 0 Å². The normalized spacial score (nSPS) is 34.7. The van der Waals surface area contributed by atoms with Crippen LogP contribution < -0.4 is 11.3 Å². The number of carbonyl (C=O) groups is 2. The Hall–Kier alpha value is -2.50. The van der Waals surface area contributed by atoms with E-state index in [0.717, 1.165) is 0 Å². The van der Waals surface area contributed by atoms with Crippen molar-refractivity contribution in [3.05, 3.63) is 34.4 Å². The van der Waals surface area contributed by atoms with Gasteiger partial charge in [-0.2, -0.15) is 0 Å². The third-order valence-corrected chi connectivity index (χ3v) is 3.37. The number of nitrogens with two attached hydrogens (primary N) is 1. The van der Waals surface area contributed by atoms with Crippen LogP contribution in [0.1, 0.15) is 45.6 Å². The molecule has 2 N–H and O–H groups in total. The predicted octanol–water partition coefficient (Wildman–Crippen LogP) is 1.32. The molecule has 22 heavy (non-hydrogen) atoms. The van der Waals surface area contributed by atoms with E-state index in [1.807, 2.05) is 0 Å². The summed E-state index contributed by atoms with van der Waals surface area (Å²) in [6.07, 6.45) is -8.81. The average molecular weight is 309 g/mol. The minimum Gasteiger partial charge on any atom is -0.398 e. The van der Waals surface area contributed by atoms with Gasteiger partial charge in [0.2, 0.25) is 0 Å². The second-order valence-corrected chi connectivity index (χ2v) is 4.80. The number of nitrogen functional groups attached to an aromatic ring is 1. The second-order valence-electron chi connectivity index (χ2n) is 4.80. The summed E-state index contributed by atoms with van der Waals surface area (Å²) in [5.41, 5.74) is 0.118. The van der Waals surface area contributed by atoms with E-state index in [1.54, 1.807) is 0 Å². The van der Waals surface area contributed by atoms with Crippen molar-refractivity contribution < 1.29 is 23.3 Å². The van der Waals surface area contributed by atoms with Crippen molar-refractivity contribution >= 4 is 28.2 Å². The Kier molecular flexibility index (Phi) is 1.46. The standard InChI is InChI=1S/C16H17N3O3/c1-9-18-12-5-3-4-11(17)14(12)15(22)19(9)16(2)7-6-10(20)8-13(16)21/h3-5H,6-8,17H2,1-2H3/t16-/m0/s1/i1D3,2D3,6D2,7D2. The highest BCUT2D eigenvalue weighted by Gasteiger charge is 2.41. The number of rotatable bonds is 1. The van der Waals surface area contributed by atoms with Crippen LogP contribution in [-0.2, 0) is 15.1 Å². The highest BCUT2D eigenvalue weighted by Crippen LogP contribution is 2.30. The first-order chi connectivity index (χ1) is 14.3. The molecule has 0 spiro atoms. The van der Waals surface area contributed by atoms with E-state index in [-0.39, 0.29) is 15.8 Å². The molecule has 114 valence electrons. The van der Waals surface area contributed by atoms with Crippen molar-refractivity contribution in [1.82, 2.24) is 9.55 Å². The zero-order chi connectivity index (χ0) is 24.7. The molecule has 1 aliphatic rings. The second kappa shape index (κ2) is 4.76. The molecule has 1 saturated carbocycles. The van der Waals surface area contributed by atoms with E-state index in [4.69, 9.17) is 19.4 Å². The Morgan fingerprint density at radius 3 is 2.95 bits per heavy atom. The molecule has 1 heterocycles. The van der Waals surface area contributed by atoms with Crippen LogP contribution in [-0.4, -0.2) is 21.1 Å². The van der Waals surface area contributed by atoms with Crippen LogP contribution in [0.15, 0.2) is 23.0 Å². The molecule has 6 heteroatoms. The van der Waals surface area contributed by atoms with Crippen LogP contribution in [0.25, 0.3) is 10.9 Å². The van der Waals surface area contributed by atoms with Crippen molar-refractivity contribution in [3.63, 3.8) is 0 Å².